The molecule has 168 valence electrons. The molecule has 6 nitrogen and oxygen atoms in total. The molecular weight excluding hydrogens is 413 g/mol. The predicted octanol–water partition coefficient (Wildman–Crippen LogP) is 5.49. The Morgan fingerprint density at radius 2 is 1.87 bits per heavy atom. The summed E-state index contributed by atoms with van der Waals surface area (Å²) in [7, 11) is 3.09. The largest absolute Gasteiger partial charge is 0.497 e. The van der Waals surface area contributed by atoms with Crippen LogP contribution < -0.4 is 19.5 Å². The van der Waals surface area contributed by atoms with Gasteiger partial charge < -0.3 is 24.4 Å². The molecule has 2 amide bonds. The summed E-state index contributed by atoms with van der Waals surface area (Å²) in [6.07, 6.45) is -3.09. The summed E-state index contributed by atoms with van der Waals surface area (Å²) in [5.41, 5.74) is -0.104. The van der Waals surface area contributed by atoms with Gasteiger partial charge in [-0.15, -0.1) is 0 Å². The molecule has 1 heterocycles. The van der Waals surface area contributed by atoms with Gasteiger partial charge in [-0.1, -0.05) is 0 Å². The normalized spacial score (nSPS) is 16.2. The number of halogens is 3. The quantitative estimate of drug-likeness (QED) is 0.648. The van der Waals surface area contributed by atoms with Crippen molar-refractivity contribution >= 4 is 11.7 Å². The molecule has 0 aromatic heterocycles. The van der Waals surface area contributed by atoms with Gasteiger partial charge in [-0.05, 0) is 56.2 Å². The molecular formula is C22H25F3N2O4. The summed E-state index contributed by atoms with van der Waals surface area (Å²) in [5, 5.41) is 2.61. The van der Waals surface area contributed by atoms with Crippen molar-refractivity contribution in [1.82, 2.24) is 4.90 Å². The number of amides is 2. The summed E-state index contributed by atoms with van der Waals surface area (Å²) in [5.74, 6) is 1.41. The molecule has 1 aliphatic heterocycles. The molecule has 9 heteroatoms. The predicted molar refractivity (Wildman–Crippen MR) is 110 cm³/mol. The smallest absolute Gasteiger partial charge is 0.416 e. The van der Waals surface area contributed by atoms with E-state index in [1.165, 1.54) is 6.07 Å². The number of anilines is 1. The van der Waals surface area contributed by atoms with E-state index in [-0.39, 0.29) is 24.1 Å². The molecule has 2 aromatic rings. The standard InChI is InChI=1S/C22H25F3N2O4/c1-4-31-20-9-7-14(22(23,24)25)12-17(20)26-21(28)27-11-5-6-18(27)16-13-15(29-2)8-10-19(16)30-3/h7-10,12-13,18H,4-6,11H2,1-3H3,(H,26,28). The Bertz CT molecular complexity index is 933. The van der Waals surface area contributed by atoms with Crippen LogP contribution in [0.25, 0.3) is 0 Å². The number of nitrogens with one attached hydrogen (secondary N) is 1. The zero-order valence-corrected chi connectivity index (χ0v) is 17.6. The van der Waals surface area contributed by atoms with Crippen LogP contribution in [0.3, 0.4) is 0 Å². The second-order valence-corrected chi connectivity index (χ2v) is 7.03. The minimum atomic E-state index is -4.53. The van der Waals surface area contributed by atoms with Crippen molar-refractivity contribution in [2.75, 3.05) is 32.7 Å². The molecule has 1 aliphatic rings. The number of nitrogens with zero attached hydrogens (tertiary/aromatic N) is 1. The molecule has 1 unspecified atom stereocenters. The number of ether oxygens (including phenoxy) is 3. The van der Waals surface area contributed by atoms with Crippen LogP contribution in [0, 0.1) is 0 Å². The van der Waals surface area contributed by atoms with E-state index in [0.717, 1.165) is 24.1 Å². The number of rotatable bonds is 6. The fourth-order valence-corrected chi connectivity index (χ4v) is 3.71. The first-order chi connectivity index (χ1) is 14.8. The first-order valence-corrected chi connectivity index (χ1v) is 9.92. The first kappa shape index (κ1) is 22.6. The highest BCUT2D eigenvalue weighted by Gasteiger charge is 2.34. The van der Waals surface area contributed by atoms with Crippen molar-refractivity contribution < 1.29 is 32.2 Å². The van der Waals surface area contributed by atoms with Gasteiger partial charge >= 0.3 is 12.2 Å². The molecule has 1 atom stereocenters. The van der Waals surface area contributed by atoms with Crippen molar-refractivity contribution in [3.63, 3.8) is 0 Å². The highest BCUT2D eigenvalue weighted by Crippen LogP contribution is 2.40. The van der Waals surface area contributed by atoms with Crippen LogP contribution in [0.2, 0.25) is 0 Å². The number of methoxy groups -OCH3 is 2. The maximum Gasteiger partial charge on any atom is 0.416 e. The molecule has 0 aliphatic carbocycles. The van der Waals surface area contributed by atoms with Gasteiger partial charge in [0.1, 0.15) is 17.2 Å². The van der Waals surface area contributed by atoms with Gasteiger partial charge in [0.2, 0.25) is 0 Å². The molecule has 1 fully saturated rings. The van der Waals surface area contributed by atoms with Crippen molar-refractivity contribution in [2.24, 2.45) is 0 Å². The summed E-state index contributed by atoms with van der Waals surface area (Å²) in [6.45, 7) is 2.43. The van der Waals surface area contributed by atoms with E-state index < -0.39 is 17.8 Å². The van der Waals surface area contributed by atoms with Crippen molar-refractivity contribution in [3.05, 3.63) is 47.5 Å². The Balaban J connectivity index is 1.90. The number of urea groups is 1. The molecule has 2 aromatic carbocycles. The van der Waals surface area contributed by atoms with Crippen molar-refractivity contribution in [3.8, 4) is 17.2 Å². The average molecular weight is 438 g/mol. The van der Waals surface area contributed by atoms with E-state index in [2.05, 4.69) is 5.32 Å². The second kappa shape index (κ2) is 9.36. The third-order valence-corrected chi connectivity index (χ3v) is 5.16. The highest BCUT2D eigenvalue weighted by molar-refractivity contribution is 5.91. The van der Waals surface area contributed by atoms with Crippen LogP contribution in [0.5, 0.6) is 17.2 Å². The monoisotopic (exact) mass is 438 g/mol. The lowest BCUT2D eigenvalue weighted by molar-refractivity contribution is -0.137. The van der Waals surface area contributed by atoms with E-state index in [0.29, 0.717) is 24.5 Å². The summed E-state index contributed by atoms with van der Waals surface area (Å²) in [6, 6.07) is 7.57. The molecule has 31 heavy (non-hydrogen) atoms. The van der Waals surface area contributed by atoms with Crippen LogP contribution in [0.15, 0.2) is 36.4 Å². The topological polar surface area (TPSA) is 60.0 Å². The van der Waals surface area contributed by atoms with Gasteiger partial charge in [-0.3, -0.25) is 0 Å². The Labute approximate surface area is 178 Å². The molecule has 0 radical (unpaired) electrons. The van der Waals surface area contributed by atoms with Crippen LogP contribution in [-0.4, -0.2) is 38.3 Å². The number of benzene rings is 2. The third-order valence-electron chi connectivity index (χ3n) is 5.16. The lowest BCUT2D eigenvalue weighted by atomic mass is 10.0. The van der Waals surface area contributed by atoms with Crippen LogP contribution in [0.4, 0.5) is 23.7 Å². The van der Waals surface area contributed by atoms with Gasteiger partial charge in [-0.25, -0.2) is 4.79 Å². The number of hydrogen-bond acceptors (Lipinski definition) is 4. The highest BCUT2D eigenvalue weighted by atomic mass is 19.4. The van der Waals surface area contributed by atoms with Crippen LogP contribution in [-0.2, 0) is 6.18 Å². The van der Waals surface area contributed by atoms with E-state index in [4.69, 9.17) is 14.2 Å². The summed E-state index contributed by atoms with van der Waals surface area (Å²) in [4.78, 5) is 14.7. The number of likely N-dealkylation sites (tertiary alicyclic amines) is 1. The van der Waals surface area contributed by atoms with E-state index in [1.54, 1.807) is 38.2 Å². The number of carbonyl (C=O) groups excluding carboxylic acids is 1. The zero-order chi connectivity index (χ0) is 22.6. The van der Waals surface area contributed by atoms with E-state index in [9.17, 15) is 18.0 Å². The minimum absolute atomic E-state index is 0.0232. The van der Waals surface area contributed by atoms with E-state index >= 15 is 0 Å². The average Bonchev–Trinajstić information content (AvgIpc) is 3.23. The Morgan fingerprint density at radius 1 is 1.13 bits per heavy atom. The van der Waals surface area contributed by atoms with Crippen molar-refractivity contribution in [2.45, 2.75) is 32.0 Å². The molecule has 1 N–H and O–H groups in total. The van der Waals surface area contributed by atoms with Gasteiger partial charge in [0, 0.05) is 12.1 Å². The Kier molecular flexibility index (Phi) is 6.82. The van der Waals surface area contributed by atoms with Crippen molar-refractivity contribution in [1.29, 1.82) is 0 Å². The molecule has 0 saturated carbocycles. The number of hydrogen-bond donors (Lipinski definition) is 1. The Hall–Kier alpha value is -3.10. The lowest BCUT2D eigenvalue weighted by Gasteiger charge is -2.27. The minimum Gasteiger partial charge on any atom is -0.497 e. The Morgan fingerprint density at radius 3 is 2.52 bits per heavy atom. The van der Waals surface area contributed by atoms with Gasteiger partial charge in [0.25, 0.3) is 0 Å². The number of carbonyl (C=O) groups is 1. The third kappa shape index (κ3) is 4.98. The van der Waals surface area contributed by atoms with Gasteiger partial charge in [0.05, 0.1) is 38.1 Å². The zero-order valence-electron chi connectivity index (χ0n) is 17.6. The maximum atomic E-state index is 13.2. The molecule has 0 bridgehead atoms. The maximum absolute atomic E-state index is 13.2. The molecule has 0 spiro atoms. The SMILES string of the molecule is CCOc1ccc(C(F)(F)F)cc1NC(=O)N1CCCC1c1cc(OC)ccc1OC. The fourth-order valence-electron chi connectivity index (χ4n) is 3.71. The second-order valence-electron chi connectivity index (χ2n) is 7.03. The summed E-state index contributed by atoms with van der Waals surface area (Å²) < 4.78 is 55.7. The van der Waals surface area contributed by atoms with Crippen LogP contribution >= 0.6 is 0 Å². The molecule has 3 rings (SSSR count). The van der Waals surface area contributed by atoms with E-state index in [1.807, 2.05) is 6.07 Å². The first-order valence-electron chi connectivity index (χ1n) is 9.92. The van der Waals surface area contributed by atoms with Gasteiger partial charge in [0.15, 0.2) is 0 Å². The lowest BCUT2D eigenvalue weighted by Crippen LogP contribution is -2.34. The number of alkyl halides is 3. The molecule has 1 saturated heterocycles. The van der Waals surface area contributed by atoms with Gasteiger partial charge in [-0.2, -0.15) is 13.2 Å². The van der Waals surface area contributed by atoms with Crippen LogP contribution in [0.1, 0.15) is 36.9 Å². The summed E-state index contributed by atoms with van der Waals surface area (Å²) >= 11 is 0. The fraction of sp³-hybridized carbons (Fsp3) is 0.409.